The van der Waals surface area contributed by atoms with E-state index in [1.54, 1.807) is 11.3 Å². The first kappa shape index (κ1) is 15.7. The minimum Gasteiger partial charge on any atom is -0.480 e. The predicted molar refractivity (Wildman–Crippen MR) is 82.2 cm³/mol. The van der Waals surface area contributed by atoms with Crippen molar-refractivity contribution < 1.29 is 14.6 Å². The molecule has 0 saturated carbocycles. The number of methoxy groups -OCH3 is 2. The van der Waals surface area contributed by atoms with Crippen LogP contribution in [0.15, 0.2) is 18.3 Å². The van der Waals surface area contributed by atoms with E-state index in [1.165, 1.54) is 25.3 Å². The summed E-state index contributed by atoms with van der Waals surface area (Å²) in [6.07, 6.45) is 0.610. The largest absolute Gasteiger partial charge is 0.480 e. The van der Waals surface area contributed by atoms with E-state index >= 15 is 0 Å². The van der Waals surface area contributed by atoms with Crippen molar-refractivity contribution in [3.63, 3.8) is 0 Å². The fourth-order valence-corrected chi connectivity index (χ4v) is 2.90. The van der Waals surface area contributed by atoms with Gasteiger partial charge in [0.15, 0.2) is 0 Å². The molecule has 0 aliphatic carbocycles. The van der Waals surface area contributed by atoms with Gasteiger partial charge in [0.05, 0.1) is 20.4 Å². The smallest absolute Gasteiger partial charge is 0.241 e. The van der Waals surface area contributed by atoms with Gasteiger partial charge in [-0.1, -0.05) is 20.8 Å². The second kappa shape index (κ2) is 5.99. The third-order valence-electron chi connectivity index (χ3n) is 3.04. The number of ether oxygens (including phenoxy) is 2. The molecule has 2 aromatic heterocycles. The molecule has 0 fully saturated rings. The predicted octanol–water partition coefficient (Wildman–Crippen LogP) is 2.93. The Balaban J connectivity index is 2.35. The third kappa shape index (κ3) is 3.33. The van der Waals surface area contributed by atoms with Crippen LogP contribution in [0.25, 0.3) is 0 Å². The summed E-state index contributed by atoms with van der Waals surface area (Å²) in [5.41, 5.74) is 0.443. The number of aliphatic hydroxyl groups excluding tert-OH is 1. The summed E-state index contributed by atoms with van der Waals surface area (Å²) in [5.74, 6) is 0.622. The SMILES string of the molecule is COc1cnc(C(O)c2ccc(C(C)(C)C)s2)c(OC)n1. The molecular formula is C15H20N2O3S. The summed E-state index contributed by atoms with van der Waals surface area (Å²) in [5, 5.41) is 10.5. The zero-order chi connectivity index (χ0) is 15.6. The van der Waals surface area contributed by atoms with Crippen molar-refractivity contribution in [1.82, 2.24) is 9.97 Å². The highest BCUT2D eigenvalue weighted by molar-refractivity contribution is 7.12. The van der Waals surface area contributed by atoms with Gasteiger partial charge in [0.1, 0.15) is 11.8 Å². The molecule has 21 heavy (non-hydrogen) atoms. The lowest BCUT2D eigenvalue weighted by atomic mass is 9.95. The first-order valence-electron chi connectivity index (χ1n) is 6.60. The van der Waals surface area contributed by atoms with Crippen LogP contribution in [0.3, 0.4) is 0 Å². The van der Waals surface area contributed by atoms with Gasteiger partial charge in [0.25, 0.3) is 0 Å². The van der Waals surface area contributed by atoms with E-state index in [4.69, 9.17) is 9.47 Å². The second-order valence-electron chi connectivity index (χ2n) is 5.66. The Morgan fingerprint density at radius 3 is 2.43 bits per heavy atom. The number of thiophene rings is 1. The van der Waals surface area contributed by atoms with Crippen LogP contribution in [0.5, 0.6) is 11.8 Å². The monoisotopic (exact) mass is 308 g/mol. The average molecular weight is 308 g/mol. The van der Waals surface area contributed by atoms with Crippen LogP contribution in [0, 0.1) is 0 Å². The van der Waals surface area contributed by atoms with Gasteiger partial charge in [-0.3, -0.25) is 0 Å². The van der Waals surface area contributed by atoms with Gasteiger partial charge in [-0.25, -0.2) is 4.98 Å². The molecule has 0 spiro atoms. The number of aromatic nitrogens is 2. The molecule has 0 aromatic carbocycles. The zero-order valence-electron chi connectivity index (χ0n) is 12.9. The van der Waals surface area contributed by atoms with Crippen LogP contribution in [-0.4, -0.2) is 29.3 Å². The van der Waals surface area contributed by atoms with Crippen LogP contribution < -0.4 is 9.47 Å². The fraction of sp³-hybridized carbons (Fsp3) is 0.467. The molecule has 1 atom stereocenters. The van der Waals surface area contributed by atoms with Crippen LogP contribution in [0.1, 0.15) is 42.3 Å². The molecule has 5 nitrogen and oxygen atoms in total. The molecule has 0 saturated heterocycles. The fourth-order valence-electron chi connectivity index (χ4n) is 1.84. The number of aliphatic hydroxyl groups is 1. The summed E-state index contributed by atoms with van der Waals surface area (Å²) in [6.45, 7) is 6.42. The van der Waals surface area contributed by atoms with E-state index in [-0.39, 0.29) is 11.3 Å². The third-order valence-corrected chi connectivity index (χ3v) is 4.61. The highest BCUT2D eigenvalue weighted by Crippen LogP contribution is 2.36. The molecule has 0 aliphatic heterocycles. The lowest BCUT2D eigenvalue weighted by molar-refractivity contribution is 0.210. The topological polar surface area (TPSA) is 64.5 Å². The highest BCUT2D eigenvalue weighted by atomic mass is 32.1. The van der Waals surface area contributed by atoms with E-state index in [0.717, 1.165) is 4.88 Å². The Bertz CT molecular complexity index is 620. The van der Waals surface area contributed by atoms with Crippen LogP contribution >= 0.6 is 11.3 Å². The van der Waals surface area contributed by atoms with Gasteiger partial charge in [0, 0.05) is 9.75 Å². The molecule has 1 unspecified atom stereocenters. The highest BCUT2D eigenvalue weighted by Gasteiger charge is 2.23. The van der Waals surface area contributed by atoms with Crippen molar-refractivity contribution in [2.45, 2.75) is 32.3 Å². The van der Waals surface area contributed by atoms with Crippen LogP contribution in [0.2, 0.25) is 0 Å². The second-order valence-corrected chi connectivity index (χ2v) is 6.78. The lowest BCUT2D eigenvalue weighted by Gasteiger charge is -2.16. The quantitative estimate of drug-likeness (QED) is 0.941. The Morgan fingerprint density at radius 1 is 1.19 bits per heavy atom. The van der Waals surface area contributed by atoms with Crippen molar-refractivity contribution in [2.24, 2.45) is 0 Å². The maximum Gasteiger partial charge on any atom is 0.241 e. The van der Waals surface area contributed by atoms with Gasteiger partial charge in [-0.2, -0.15) is 4.98 Å². The maximum atomic E-state index is 10.5. The molecular weight excluding hydrogens is 288 g/mol. The van der Waals surface area contributed by atoms with Crippen molar-refractivity contribution in [1.29, 1.82) is 0 Å². The first-order valence-corrected chi connectivity index (χ1v) is 7.41. The number of hydrogen-bond donors (Lipinski definition) is 1. The zero-order valence-corrected chi connectivity index (χ0v) is 13.7. The summed E-state index contributed by atoms with van der Waals surface area (Å²) in [4.78, 5) is 10.4. The molecule has 114 valence electrons. The molecule has 0 bridgehead atoms. The van der Waals surface area contributed by atoms with Gasteiger partial charge in [-0.15, -0.1) is 11.3 Å². The van der Waals surface area contributed by atoms with E-state index in [9.17, 15) is 5.11 Å². The summed E-state index contributed by atoms with van der Waals surface area (Å²) in [6, 6.07) is 3.95. The summed E-state index contributed by atoms with van der Waals surface area (Å²) in [7, 11) is 3.00. The van der Waals surface area contributed by atoms with Gasteiger partial charge >= 0.3 is 0 Å². The van der Waals surface area contributed by atoms with E-state index in [1.807, 2.05) is 12.1 Å². The van der Waals surface area contributed by atoms with Crippen molar-refractivity contribution in [2.75, 3.05) is 14.2 Å². The number of rotatable bonds is 4. The Kier molecular flexibility index (Phi) is 4.49. The Labute approximate surface area is 128 Å². The minimum atomic E-state index is -0.862. The molecule has 0 radical (unpaired) electrons. The number of hydrogen-bond acceptors (Lipinski definition) is 6. The molecule has 2 heterocycles. The minimum absolute atomic E-state index is 0.0539. The number of nitrogens with zero attached hydrogens (tertiary/aromatic N) is 2. The molecule has 0 aliphatic rings. The molecule has 0 amide bonds. The Hall–Kier alpha value is -1.66. The van der Waals surface area contributed by atoms with Crippen molar-refractivity contribution in [3.05, 3.63) is 33.8 Å². The summed E-state index contributed by atoms with van der Waals surface area (Å²) < 4.78 is 10.2. The normalized spacial score (nSPS) is 13.0. The molecule has 2 aromatic rings. The molecule has 1 N–H and O–H groups in total. The summed E-state index contributed by atoms with van der Waals surface area (Å²) >= 11 is 1.57. The lowest BCUT2D eigenvalue weighted by Crippen LogP contribution is -2.08. The van der Waals surface area contributed by atoms with Gasteiger partial charge in [0.2, 0.25) is 11.8 Å². The van der Waals surface area contributed by atoms with Gasteiger partial charge < -0.3 is 14.6 Å². The van der Waals surface area contributed by atoms with E-state index < -0.39 is 6.10 Å². The van der Waals surface area contributed by atoms with E-state index in [2.05, 4.69) is 30.7 Å². The molecule has 6 heteroatoms. The van der Waals surface area contributed by atoms with Crippen molar-refractivity contribution in [3.8, 4) is 11.8 Å². The van der Waals surface area contributed by atoms with Crippen LogP contribution in [0.4, 0.5) is 0 Å². The standard InChI is InChI=1S/C15H20N2O3S/c1-15(2,3)10-7-6-9(21-10)13(18)12-14(20-5)17-11(19-4)8-16-12/h6-8,13,18H,1-5H3. The molecule has 2 rings (SSSR count). The van der Waals surface area contributed by atoms with Crippen molar-refractivity contribution >= 4 is 11.3 Å². The van der Waals surface area contributed by atoms with Crippen LogP contribution in [-0.2, 0) is 5.41 Å². The van der Waals surface area contributed by atoms with Gasteiger partial charge in [-0.05, 0) is 17.5 Å². The van der Waals surface area contributed by atoms with E-state index in [0.29, 0.717) is 11.6 Å². The Morgan fingerprint density at radius 2 is 1.90 bits per heavy atom. The maximum absolute atomic E-state index is 10.5. The first-order chi connectivity index (χ1) is 9.86. The average Bonchev–Trinajstić information content (AvgIpc) is 2.95.